The van der Waals surface area contributed by atoms with Gasteiger partial charge in [0.15, 0.2) is 0 Å². The van der Waals surface area contributed by atoms with Gasteiger partial charge in [-0.05, 0) is 47.6 Å². The summed E-state index contributed by atoms with van der Waals surface area (Å²) in [5.74, 6) is -0.444. The topological polar surface area (TPSA) is 46.2 Å². The molecule has 0 radical (unpaired) electrons. The van der Waals surface area contributed by atoms with Crippen molar-refractivity contribution in [1.82, 2.24) is 0 Å². The van der Waals surface area contributed by atoms with Gasteiger partial charge in [0.25, 0.3) is 0 Å². The zero-order chi connectivity index (χ0) is 21.5. The van der Waals surface area contributed by atoms with E-state index in [1.807, 2.05) is 24.3 Å². The summed E-state index contributed by atoms with van der Waals surface area (Å²) in [4.78, 5) is 0.549. The number of hydrogen-bond acceptors (Lipinski definition) is 3. The van der Waals surface area contributed by atoms with Gasteiger partial charge < -0.3 is 10.8 Å². The van der Waals surface area contributed by atoms with Gasteiger partial charge in [-0.2, -0.15) is 13.2 Å². The molecule has 0 saturated heterocycles. The number of thiophene rings is 1. The fraction of sp³-hybridized carbons (Fsp3) is 0.130. The second-order valence-corrected chi connectivity index (χ2v) is 8.08. The van der Waals surface area contributed by atoms with Gasteiger partial charge in [0.1, 0.15) is 11.6 Å². The van der Waals surface area contributed by atoms with Crippen molar-refractivity contribution in [3.05, 3.63) is 82.5 Å². The predicted octanol–water partition coefficient (Wildman–Crippen LogP) is 6.80. The van der Waals surface area contributed by atoms with Crippen LogP contribution in [0.25, 0.3) is 21.9 Å². The van der Waals surface area contributed by atoms with Crippen molar-refractivity contribution in [2.75, 3.05) is 5.73 Å². The van der Waals surface area contributed by atoms with E-state index in [2.05, 4.69) is 0 Å². The maximum Gasteiger partial charge on any atom is 0.416 e. The number of aryl methyl sites for hydroxylation is 2. The van der Waals surface area contributed by atoms with Crippen molar-refractivity contribution < 1.29 is 22.7 Å². The molecule has 1 heterocycles. The molecular weight excluding hydrogens is 414 g/mol. The lowest BCUT2D eigenvalue weighted by atomic mass is 9.99. The number of halogens is 4. The van der Waals surface area contributed by atoms with Crippen molar-refractivity contribution in [1.29, 1.82) is 0 Å². The molecule has 2 nitrogen and oxygen atoms in total. The molecule has 0 aliphatic carbocycles. The van der Waals surface area contributed by atoms with Crippen molar-refractivity contribution in [2.24, 2.45) is 0 Å². The number of aromatic hydroxyl groups is 1. The first-order valence-corrected chi connectivity index (χ1v) is 10.0. The average Bonchev–Trinajstić information content (AvgIpc) is 2.99. The first kappa shape index (κ1) is 20.2. The summed E-state index contributed by atoms with van der Waals surface area (Å²) >= 11 is 1.13. The lowest BCUT2D eigenvalue weighted by Gasteiger charge is -2.09. The number of hydrogen-bond donors (Lipinski definition) is 2. The van der Waals surface area contributed by atoms with Crippen LogP contribution in [0.3, 0.4) is 0 Å². The largest absolute Gasteiger partial charge is 0.506 e. The van der Waals surface area contributed by atoms with Crippen molar-refractivity contribution in [3.63, 3.8) is 0 Å². The number of rotatable bonds is 4. The molecule has 4 aromatic rings. The van der Waals surface area contributed by atoms with E-state index in [-0.39, 0.29) is 27.7 Å². The number of nitrogens with two attached hydrogens (primary N) is 1. The third-order valence-electron chi connectivity index (χ3n) is 5.02. The normalized spacial score (nSPS) is 11.9. The van der Waals surface area contributed by atoms with Gasteiger partial charge in [0.2, 0.25) is 0 Å². The Kier molecular flexibility index (Phi) is 5.15. The number of alkyl halides is 3. The molecular formula is C23H17F4NOS. The molecule has 154 valence electrons. The Balaban J connectivity index is 1.66. The number of nitrogen functional groups attached to an aromatic ring is 1. The number of benzene rings is 3. The van der Waals surface area contributed by atoms with Gasteiger partial charge in [-0.1, -0.05) is 42.5 Å². The highest BCUT2D eigenvalue weighted by Gasteiger charge is 2.31. The van der Waals surface area contributed by atoms with E-state index in [1.165, 1.54) is 18.2 Å². The van der Waals surface area contributed by atoms with E-state index in [1.54, 1.807) is 6.07 Å². The van der Waals surface area contributed by atoms with E-state index >= 15 is 0 Å². The molecule has 4 rings (SSSR count). The number of fused-ring (bicyclic) bond motifs is 1. The standard InChI is InChI=1S/C23H17F4NOS/c24-17-9-3-6-13-4-1-5-14(19(13)17)10-11-18-21(29)20(22(28)30-18)15-7-2-8-16(12-15)23(25,26)27/h1-9,12,29H,10-11,28H2. The van der Waals surface area contributed by atoms with Gasteiger partial charge in [-0.25, -0.2) is 4.39 Å². The fourth-order valence-electron chi connectivity index (χ4n) is 3.61. The zero-order valence-electron chi connectivity index (χ0n) is 15.6. The van der Waals surface area contributed by atoms with Crippen molar-refractivity contribution in [3.8, 4) is 16.9 Å². The molecule has 30 heavy (non-hydrogen) atoms. The third-order valence-corrected chi connectivity index (χ3v) is 6.09. The lowest BCUT2D eigenvalue weighted by Crippen LogP contribution is -2.04. The smallest absolute Gasteiger partial charge is 0.416 e. The monoisotopic (exact) mass is 431 g/mol. The van der Waals surface area contributed by atoms with Gasteiger partial charge in [0.05, 0.1) is 16.1 Å². The summed E-state index contributed by atoms with van der Waals surface area (Å²) < 4.78 is 53.4. The molecule has 1 aromatic heterocycles. The molecule has 0 bridgehead atoms. The molecule has 0 atom stereocenters. The third kappa shape index (κ3) is 3.73. The Morgan fingerprint density at radius 2 is 1.63 bits per heavy atom. The Bertz CT molecular complexity index is 1220. The minimum absolute atomic E-state index is 0.127. The number of anilines is 1. The molecule has 0 unspecified atom stereocenters. The van der Waals surface area contributed by atoms with Gasteiger partial charge in [-0.3, -0.25) is 0 Å². The summed E-state index contributed by atoms with van der Waals surface area (Å²) in [6, 6.07) is 15.1. The predicted molar refractivity (Wildman–Crippen MR) is 112 cm³/mol. The van der Waals surface area contributed by atoms with Crippen LogP contribution in [0.2, 0.25) is 0 Å². The van der Waals surface area contributed by atoms with E-state index in [9.17, 15) is 22.7 Å². The molecule has 0 amide bonds. The van der Waals surface area contributed by atoms with Gasteiger partial charge in [0, 0.05) is 10.3 Å². The highest BCUT2D eigenvalue weighted by molar-refractivity contribution is 7.17. The lowest BCUT2D eigenvalue weighted by molar-refractivity contribution is -0.137. The van der Waals surface area contributed by atoms with Crippen LogP contribution >= 0.6 is 11.3 Å². The van der Waals surface area contributed by atoms with E-state index in [4.69, 9.17) is 5.73 Å². The molecule has 0 spiro atoms. The van der Waals surface area contributed by atoms with Crippen LogP contribution in [-0.4, -0.2) is 5.11 Å². The second-order valence-electron chi connectivity index (χ2n) is 6.95. The molecule has 7 heteroatoms. The second kappa shape index (κ2) is 7.65. The van der Waals surface area contributed by atoms with Crippen LogP contribution < -0.4 is 5.73 Å². The molecule has 3 N–H and O–H groups in total. The molecule has 0 aliphatic heterocycles. The van der Waals surface area contributed by atoms with Crippen LogP contribution in [0.5, 0.6) is 5.75 Å². The van der Waals surface area contributed by atoms with Gasteiger partial charge >= 0.3 is 6.18 Å². The highest BCUT2D eigenvalue weighted by Crippen LogP contribution is 2.45. The minimum atomic E-state index is -4.49. The molecule has 0 fully saturated rings. The van der Waals surface area contributed by atoms with E-state index in [0.717, 1.165) is 34.4 Å². The Morgan fingerprint density at radius 3 is 2.37 bits per heavy atom. The Hall–Kier alpha value is -3.06. The summed E-state index contributed by atoms with van der Waals surface area (Å²) in [6.07, 6.45) is -3.65. The first-order valence-electron chi connectivity index (χ1n) is 9.19. The fourth-order valence-corrected chi connectivity index (χ4v) is 4.60. The maximum absolute atomic E-state index is 14.3. The summed E-state index contributed by atoms with van der Waals surface area (Å²) in [7, 11) is 0. The summed E-state index contributed by atoms with van der Waals surface area (Å²) in [5, 5.41) is 12.2. The Morgan fingerprint density at radius 1 is 0.933 bits per heavy atom. The SMILES string of the molecule is Nc1sc(CCc2cccc3cccc(F)c23)c(O)c1-c1cccc(C(F)(F)F)c1. The zero-order valence-corrected chi connectivity index (χ0v) is 16.4. The maximum atomic E-state index is 14.3. The molecule has 0 aliphatic rings. The van der Waals surface area contributed by atoms with Crippen molar-refractivity contribution >= 4 is 27.1 Å². The Labute approximate surface area is 174 Å². The quantitative estimate of drug-likeness (QED) is 0.349. The minimum Gasteiger partial charge on any atom is -0.506 e. The molecule has 3 aromatic carbocycles. The van der Waals surface area contributed by atoms with Crippen molar-refractivity contribution in [2.45, 2.75) is 19.0 Å². The molecule has 0 saturated carbocycles. The first-order chi connectivity index (χ1) is 14.3. The van der Waals surface area contributed by atoms with Crippen LogP contribution in [-0.2, 0) is 19.0 Å². The van der Waals surface area contributed by atoms with Crippen LogP contribution in [0.15, 0.2) is 60.7 Å². The average molecular weight is 431 g/mol. The van der Waals surface area contributed by atoms with E-state index < -0.39 is 11.7 Å². The van der Waals surface area contributed by atoms with Crippen LogP contribution in [0.4, 0.5) is 22.6 Å². The van der Waals surface area contributed by atoms with Crippen LogP contribution in [0.1, 0.15) is 16.0 Å². The van der Waals surface area contributed by atoms with Crippen LogP contribution in [0, 0.1) is 5.82 Å². The van der Waals surface area contributed by atoms with Gasteiger partial charge in [-0.15, -0.1) is 11.3 Å². The highest BCUT2D eigenvalue weighted by atomic mass is 32.1. The summed E-state index contributed by atoms with van der Waals surface area (Å²) in [5.41, 5.74) is 6.42. The summed E-state index contributed by atoms with van der Waals surface area (Å²) in [6.45, 7) is 0. The van der Waals surface area contributed by atoms with E-state index in [0.29, 0.717) is 23.1 Å².